The van der Waals surface area contributed by atoms with E-state index in [9.17, 15) is 4.39 Å². The summed E-state index contributed by atoms with van der Waals surface area (Å²) in [4.78, 5) is 6.37. The van der Waals surface area contributed by atoms with Crippen molar-refractivity contribution < 1.29 is 4.39 Å². The van der Waals surface area contributed by atoms with Crippen LogP contribution in [0.5, 0.6) is 0 Å². The smallest absolute Gasteiger partial charge is 0.125 e. The zero-order valence-corrected chi connectivity index (χ0v) is 9.94. The Labute approximate surface area is 105 Å². The molecule has 0 amide bonds. The topological polar surface area (TPSA) is 42.1 Å². The first-order valence-electron chi connectivity index (χ1n) is 5.99. The minimum absolute atomic E-state index is 0.202. The summed E-state index contributed by atoms with van der Waals surface area (Å²) in [5, 5.41) is 0. The van der Waals surface area contributed by atoms with Gasteiger partial charge in [-0.3, -0.25) is 4.98 Å². The molecule has 0 aliphatic carbocycles. The summed E-state index contributed by atoms with van der Waals surface area (Å²) in [6, 6.07) is 8.84. The number of rotatable bonds is 2. The largest absolute Gasteiger partial charge is 0.340 e. The number of nitrogens with two attached hydrogens (primary N) is 1. The quantitative estimate of drug-likeness (QED) is 0.880. The number of nitrogens with zero attached hydrogens (tertiary/aromatic N) is 2. The second-order valence-electron chi connectivity index (χ2n) is 4.39. The fraction of sp³-hybridized carbons (Fsp3) is 0.214. The highest BCUT2D eigenvalue weighted by atomic mass is 19.1. The summed E-state index contributed by atoms with van der Waals surface area (Å²) >= 11 is 0. The highest BCUT2D eigenvalue weighted by Crippen LogP contribution is 2.34. The molecule has 92 valence electrons. The molecule has 4 heteroatoms. The van der Waals surface area contributed by atoms with Crippen LogP contribution in [0.1, 0.15) is 11.3 Å². The van der Waals surface area contributed by atoms with E-state index in [0.29, 0.717) is 6.54 Å². The van der Waals surface area contributed by atoms with E-state index in [1.165, 1.54) is 11.6 Å². The highest BCUT2D eigenvalue weighted by molar-refractivity contribution is 5.69. The number of fused-ring (bicyclic) bond motifs is 1. The lowest BCUT2D eigenvalue weighted by Gasteiger charge is -2.19. The molecule has 0 radical (unpaired) electrons. The lowest BCUT2D eigenvalue weighted by Crippen LogP contribution is -2.14. The van der Waals surface area contributed by atoms with Crippen molar-refractivity contribution in [1.82, 2.24) is 4.98 Å². The van der Waals surface area contributed by atoms with Crippen molar-refractivity contribution in [2.45, 2.75) is 13.0 Å². The monoisotopic (exact) mass is 243 g/mol. The number of pyridine rings is 1. The van der Waals surface area contributed by atoms with Crippen LogP contribution in [0.25, 0.3) is 0 Å². The summed E-state index contributed by atoms with van der Waals surface area (Å²) in [5.74, 6) is -0.202. The van der Waals surface area contributed by atoms with Gasteiger partial charge < -0.3 is 10.6 Å². The third kappa shape index (κ3) is 1.84. The number of hydrogen-bond donors (Lipinski definition) is 1. The molecule has 2 heterocycles. The zero-order valence-electron chi connectivity index (χ0n) is 9.94. The Bertz CT molecular complexity index is 566. The van der Waals surface area contributed by atoms with Gasteiger partial charge in [-0.15, -0.1) is 0 Å². The van der Waals surface area contributed by atoms with Gasteiger partial charge in [-0.2, -0.15) is 0 Å². The maximum absolute atomic E-state index is 13.3. The maximum Gasteiger partial charge on any atom is 0.125 e. The summed E-state index contributed by atoms with van der Waals surface area (Å²) < 4.78 is 13.3. The normalized spacial score (nSPS) is 13.8. The summed E-state index contributed by atoms with van der Waals surface area (Å²) in [7, 11) is 0. The molecular weight excluding hydrogens is 229 g/mol. The molecule has 0 spiro atoms. The van der Waals surface area contributed by atoms with Gasteiger partial charge in [-0.1, -0.05) is 6.07 Å². The van der Waals surface area contributed by atoms with Crippen molar-refractivity contribution in [3.63, 3.8) is 0 Å². The molecule has 0 saturated heterocycles. The summed E-state index contributed by atoms with van der Waals surface area (Å²) in [6.07, 6.45) is 2.73. The molecule has 0 atom stereocenters. The number of benzene rings is 1. The van der Waals surface area contributed by atoms with Gasteiger partial charge in [0.2, 0.25) is 0 Å². The van der Waals surface area contributed by atoms with Crippen LogP contribution in [0.15, 0.2) is 36.5 Å². The first-order valence-corrected chi connectivity index (χ1v) is 5.99. The molecule has 0 fully saturated rings. The lowest BCUT2D eigenvalue weighted by molar-refractivity contribution is 0.628. The average molecular weight is 243 g/mol. The van der Waals surface area contributed by atoms with E-state index in [1.807, 2.05) is 18.2 Å². The van der Waals surface area contributed by atoms with Gasteiger partial charge in [0.25, 0.3) is 0 Å². The third-order valence-electron chi connectivity index (χ3n) is 3.27. The van der Waals surface area contributed by atoms with Crippen LogP contribution in [0.2, 0.25) is 0 Å². The van der Waals surface area contributed by atoms with Crippen LogP contribution < -0.4 is 10.6 Å². The fourth-order valence-corrected chi connectivity index (χ4v) is 2.32. The Kier molecular flexibility index (Phi) is 2.72. The molecule has 0 bridgehead atoms. The van der Waals surface area contributed by atoms with Crippen LogP contribution in [0, 0.1) is 5.82 Å². The Balaban J connectivity index is 1.97. The predicted molar refractivity (Wildman–Crippen MR) is 69.2 cm³/mol. The Morgan fingerprint density at radius 2 is 2.17 bits per heavy atom. The fourth-order valence-electron chi connectivity index (χ4n) is 2.32. The minimum Gasteiger partial charge on any atom is -0.340 e. The van der Waals surface area contributed by atoms with Crippen molar-refractivity contribution in [1.29, 1.82) is 0 Å². The lowest BCUT2D eigenvalue weighted by atomic mass is 10.1. The summed E-state index contributed by atoms with van der Waals surface area (Å²) in [6.45, 7) is 1.30. The van der Waals surface area contributed by atoms with E-state index < -0.39 is 0 Å². The van der Waals surface area contributed by atoms with Gasteiger partial charge in [-0.05, 0) is 36.2 Å². The highest BCUT2D eigenvalue weighted by Gasteiger charge is 2.20. The van der Waals surface area contributed by atoms with Crippen LogP contribution in [0.4, 0.5) is 15.8 Å². The molecule has 0 saturated carbocycles. The SMILES string of the molecule is NCc1ccc(N2CCc3ccc(F)cc32)cn1. The molecule has 0 unspecified atom stereocenters. The predicted octanol–water partition coefficient (Wildman–Crippen LogP) is 2.37. The Morgan fingerprint density at radius 1 is 1.28 bits per heavy atom. The standard InChI is InChI=1S/C14H14FN3/c15-11-2-1-10-5-6-18(14(10)7-11)13-4-3-12(8-16)17-9-13/h1-4,7,9H,5-6,8,16H2. The van der Waals surface area contributed by atoms with Crippen LogP contribution in [-0.4, -0.2) is 11.5 Å². The van der Waals surface area contributed by atoms with Gasteiger partial charge >= 0.3 is 0 Å². The molecule has 2 aromatic rings. The number of hydrogen-bond acceptors (Lipinski definition) is 3. The first-order chi connectivity index (χ1) is 8.78. The van der Waals surface area contributed by atoms with Gasteiger partial charge in [0.05, 0.1) is 17.6 Å². The van der Waals surface area contributed by atoms with Gasteiger partial charge in [-0.25, -0.2) is 4.39 Å². The molecule has 2 N–H and O–H groups in total. The van der Waals surface area contributed by atoms with Gasteiger partial charge in [0.15, 0.2) is 0 Å². The second kappa shape index (κ2) is 4.38. The number of aromatic nitrogens is 1. The zero-order chi connectivity index (χ0) is 12.5. The first kappa shape index (κ1) is 11.2. The van der Waals surface area contributed by atoms with E-state index in [-0.39, 0.29) is 5.82 Å². The van der Waals surface area contributed by atoms with Crippen molar-refractivity contribution in [2.24, 2.45) is 5.73 Å². The van der Waals surface area contributed by atoms with Crippen molar-refractivity contribution in [3.05, 3.63) is 53.6 Å². The van der Waals surface area contributed by atoms with Crippen LogP contribution >= 0.6 is 0 Å². The van der Waals surface area contributed by atoms with E-state index >= 15 is 0 Å². The van der Waals surface area contributed by atoms with Gasteiger partial charge in [0, 0.05) is 18.8 Å². The third-order valence-corrected chi connectivity index (χ3v) is 3.27. The van der Waals surface area contributed by atoms with E-state index in [4.69, 9.17) is 5.73 Å². The van der Waals surface area contributed by atoms with Crippen LogP contribution in [-0.2, 0) is 13.0 Å². The van der Waals surface area contributed by atoms with E-state index in [1.54, 1.807) is 12.3 Å². The molecule has 1 aliphatic rings. The maximum atomic E-state index is 13.3. The Hall–Kier alpha value is -1.94. The van der Waals surface area contributed by atoms with E-state index in [2.05, 4.69) is 9.88 Å². The number of anilines is 2. The van der Waals surface area contributed by atoms with Crippen molar-refractivity contribution in [2.75, 3.05) is 11.4 Å². The van der Waals surface area contributed by atoms with E-state index in [0.717, 1.165) is 30.0 Å². The number of halogens is 1. The summed E-state index contributed by atoms with van der Waals surface area (Å²) in [5.41, 5.74) is 9.49. The van der Waals surface area contributed by atoms with Crippen molar-refractivity contribution in [3.8, 4) is 0 Å². The molecule has 3 rings (SSSR count). The average Bonchev–Trinajstić information content (AvgIpc) is 2.82. The Morgan fingerprint density at radius 3 is 2.89 bits per heavy atom. The minimum atomic E-state index is -0.202. The molecule has 1 aromatic carbocycles. The molecular formula is C14H14FN3. The molecule has 18 heavy (non-hydrogen) atoms. The van der Waals surface area contributed by atoms with Crippen molar-refractivity contribution >= 4 is 11.4 Å². The molecule has 1 aromatic heterocycles. The van der Waals surface area contributed by atoms with Gasteiger partial charge in [0.1, 0.15) is 5.82 Å². The molecule has 1 aliphatic heterocycles. The second-order valence-corrected chi connectivity index (χ2v) is 4.39. The molecule has 3 nitrogen and oxygen atoms in total. The van der Waals surface area contributed by atoms with Crippen LogP contribution in [0.3, 0.4) is 0 Å².